The number of hydrogen-bond donors (Lipinski definition) is 2. The molecule has 7 heteroatoms. The topological polar surface area (TPSA) is 57.5 Å². The van der Waals surface area contributed by atoms with E-state index in [0.29, 0.717) is 5.56 Å². The number of halogens is 3. The van der Waals surface area contributed by atoms with E-state index in [2.05, 4.69) is 0 Å². The highest BCUT2D eigenvalue weighted by Crippen LogP contribution is 2.33. The molecular formula is C13H15F3O3S. The van der Waals surface area contributed by atoms with Crippen molar-refractivity contribution in [3.63, 3.8) is 0 Å². The first-order valence-electron chi connectivity index (χ1n) is 5.80. The second kappa shape index (κ2) is 6.60. The van der Waals surface area contributed by atoms with Gasteiger partial charge in [0.25, 0.3) is 0 Å². The SMILES string of the molecule is CC(=O)SCC(O)C(O)c1cc(C(F)(F)F)ccc1C. The van der Waals surface area contributed by atoms with Gasteiger partial charge in [-0.05, 0) is 30.2 Å². The average molecular weight is 308 g/mol. The highest BCUT2D eigenvalue weighted by molar-refractivity contribution is 8.13. The fourth-order valence-electron chi connectivity index (χ4n) is 1.64. The molecule has 0 aliphatic rings. The van der Waals surface area contributed by atoms with Crippen LogP contribution in [0.1, 0.15) is 29.7 Å². The van der Waals surface area contributed by atoms with Crippen molar-refractivity contribution in [1.29, 1.82) is 0 Å². The van der Waals surface area contributed by atoms with Gasteiger partial charge in [-0.1, -0.05) is 17.8 Å². The lowest BCUT2D eigenvalue weighted by Gasteiger charge is -2.20. The van der Waals surface area contributed by atoms with Crippen LogP contribution in [0.2, 0.25) is 0 Å². The van der Waals surface area contributed by atoms with Crippen LogP contribution in [0.5, 0.6) is 0 Å². The maximum absolute atomic E-state index is 12.6. The second-order valence-corrected chi connectivity index (χ2v) is 5.58. The van der Waals surface area contributed by atoms with Gasteiger partial charge in [0.15, 0.2) is 5.12 Å². The van der Waals surface area contributed by atoms with Crippen LogP contribution in [0.15, 0.2) is 18.2 Å². The molecule has 0 saturated heterocycles. The molecule has 0 aliphatic carbocycles. The molecule has 0 aliphatic heterocycles. The Morgan fingerprint density at radius 2 is 1.95 bits per heavy atom. The van der Waals surface area contributed by atoms with Crippen molar-refractivity contribution in [3.05, 3.63) is 34.9 Å². The highest BCUT2D eigenvalue weighted by atomic mass is 32.2. The molecule has 0 bridgehead atoms. The normalized spacial score (nSPS) is 14.9. The average Bonchev–Trinajstić information content (AvgIpc) is 2.34. The summed E-state index contributed by atoms with van der Waals surface area (Å²) in [5.41, 5.74) is -0.433. The highest BCUT2D eigenvalue weighted by Gasteiger charge is 2.32. The summed E-state index contributed by atoms with van der Waals surface area (Å²) in [7, 11) is 0. The summed E-state index contributed by atoms with van der Waals surface area (Å²) in [5, 5.41) is 19.4. The monoisotopic (exact) mass is 308 g/mol. The van der Waals surface area contributed by atoms with Gasteiger partial charge in [0.05, 0.1) is 11.7 Å². The third-order valence-electron chi connectivity index (χ3n) is 2.75. The minimum atomic E-state index is -4.51. The van der Waals surface area contributed by atoms with E-state index in [1.165, 1.54) is 13.0 Å². The van der Waals surface area contributed by atoms with Crippen molar-refractivity contribution >= 4 is 16.9 Å². The quantitative estimate of drug-likeness (QED) is 0.898. The minimum Gasteiger partial charge on any atom is -0.389 e. The van der Waals surface area contributed by atoms with Gasteiger partial charge in [0.2, 0.25) is 0 Å². The second-order valence-electron chi connectivity index (χ2n) is 4.38. The molecule has 3 nitrogen and oxygen atoms in total. The van der Waals surface area contributed by atoms with E-state index < -0.39 is 23.9 Å². The third-order valence-corrected chi connectivity index (χ3v) is 3.66. The van der Waals surface area contributed by atoms with Gasteiger partial charge in [-0.15, -0.1) is 0 Å². The first-order chi connectivity index (χ1) is 9.12. The van der Waals surface area contributed by atoms with Gasteiger partial charge in [0.1, 0.15) is 6.10 Å². The number of aryl methyl sites for hydroxylation is 1. The minimum absolute atomic E-state index is 0.0106. The Labute approximate surface area is 118 Å². The molecule has 20 heavy (non-hydrogen) atoms. The molecule has 1 aromatic rings. The van der Waals surface area contributed by atoms with Crippen molar-refractivity contribution in [2.45, 2.75) is 32.2 Å². The Kier molecular flexibility index (Phi) is 5.61. The molecule has 1 rings (SSSR count). The summed E-state index contributed by atoms with van der Waals surface area (Å²) in [5.74, 6) is -0.0772. The molecule has 0 heterocycles. The zero-order valence-corrected chi connectivity index (χ0v) is 11.8. The van der Waals surface area contributed by atoms with Crippen molar-refractivity contribution in [2.75, 3.05) is 5.75 Å². The van der Waals surface area contributed by atoms with Gasteiger partial charge in [-0.3, -0.25) is 4.79 Å². The summed E-state index contributed by atoms with van der Waals surface area (Å²) in [6.07, 6.45) is -7.29. The van der Waals surface area contributed by atoms with Crippen LogP contribution >= 0.6 is 11.8 Å². The summed E-state index contributed by atoms with van der Waals surface area (Å²) < 4.78 is 37.9. The van der Waals surface area contributed by atoms with Crippen LogP contribution in [0.3, 0.4) is 0 Å². The Morgan fingerprint density at radius 3 is 2.45 bits per heavy atom. The Balaban J connectivity index is 2.97. The summed E-state index contributed by atoms with van der Waals surface area (Å²) in [4.78, 5) is 10.8. The zero-order chi connectivity index (χ0) is 15.5. The number of aliphatic hydroxyl groups excluding tert-OH is 2. The molecule has 0 saturated carbocycles. The van der Waals surface area contributed by atoms with E-state index in [1.54, 1.807) is 6.92 Å². The lowest BCUT2D eigenvalue weighted by atomic mass is 9.97. The van der Waals surface area contributed by atoms with Crippen LogP contribution in [-0.2, 0) is 11.0 Å². The maximum atomic E-state index is 12.6. The summed E-state index contributed by atoms with van der Waals surface area (Å²) in [6, 6.07) is 2.98. The van der Waals surface area contributed by atoms with Crippen LogP contribution in [0.25, 0.3) is 0 Å². The Bertz CT molecular complexity index is 488. The third kappa shape index (κ3) is 4.50. The zero-order valence-electron chi connectivity index (χ0n) is 10.9. The van der Waals surface area contributed by atoms with E-state index in [1.807, 2.05) is 0 Å². The molecule has 2 N–H and O–H groups in total. The molecule has 112 valence electrons. The van der Waals surface area contributed by atoms with Gasteiger partial charge in [-0.2, -0.15) is 13.2 Å². The molecule has 0 spiro atoms. The van der Waals surface area contributed by atoms with Crippen molar-refractivity contribution in [1.82, 2.24) is 0 Å². The molecule has 2 atom stereocenters. The number of hydrogen-bond acceptors (Lipinski definition) is 4. The Hall–Kier alpha value is -1.05. The molecular weight excluding hydrogens is 293 g/mol. The molecule has 0 amide bonds. The van der Waals surface area contributed by atoms with Crippen LogP contribution in [0.4, 0.5) is 13.2 Å². The van der Waals surface area contributed by atoms with E-state index >= 15 is 0 Å². The van der Waals surface area contributed by atoms with Gasteiger partial charge in [0, 0.05) is 12.7 Å². The van der Waals surface area contributed by atoms with Gasteiger partial charge < -0.3 is 10.2 Å². The van der Waals surface area contributed by atoms with Crippen LogP contribution in [-0.4, -0.2) is 27.2 Å². The van der Waals surface area contributed by atoms with E-state index in [-0.39, 0.29) is 16.4 Å². The standard InChI is InChI=1S/C13H15F3O3S/c1-7-3-4-9(13(14,15)16)5-10(7)12(19)11(18)6-20-8(2)17/h3-5,11-12,18-19H,6H2,1-2H3. The first-order valence-corrected chi connectivity index (χ1v) is 6.78. The van der Waals surface area contributed by atoms with E-state index in [9.17, 15) is 28.2 Å². The first kappa shape index (κ1) is 17.0. The van der Waals surface area contributed by atoms with Crippen molar-refractivity contribution in [3.8, 4) is 0 Å². The van der Waals surface area contributed by atoms with E-state index in [4.69, 9.17) is 0 Å². The molecule has 1 aromatic carbocycles. The predicted octanol–water partition coefficient (Wildman–Crippen LogP) is 2.69. The lowest BCUT2D eigenvalue weighted by molar-refractivity contribution is -0.137. The fraction of sp³-hybridized carbons (Fsp3) is 0.462. The van der Waals surface area contributed by atoms with Gasteiger partial charge in [-0.25, -0.2) is 0 Å². The Morgan fingerprint density at radius 1 is 1.35 bits per heavy atom. The number of thioether (sulfide) groups is 1. The number of carbonyl (C=O) groups is 1. The molecule has 0 radical (unpaired) electrons. The largest absolute Gasteiger partial charge is 0.416 e. The number of rotatable bonds is 4. The molecule has 0 aromatic heterocycles. The lowest BCUT2D eigenvalue weighted by Crippen LogP contribution is -2.22. The smallest absolute Gasteiger partial charge is 0.389 e. The molecule has 2 unspecified atom stereocenters. The predicted molar refractivity (Wildman–Crippen MR) is 70.3 cm³/mol. The number of benzene rings is 1. The van der Waals surface area contributed by atoms with Crippen LogP contribution < -0.4 is 0 Å². The van der Waals surface area contributed by atoms with Crippen molar-refractivity contribution < 1.29 is 28.2 Å². The number of aliphatic hydroxyl groups is 2. The maximum Gasteiger partial charge on any atom is 0.416 e. The van der Waals surface area contributed by atoms with E-state index in [0.717, 1.165) is 23.9 Å². The summed E-state index contributed by atoms with van der Waals surface area (Å²) >= 11 is 0.807. The number of carbonyl (C=O) groups excluding carboxylic acids is 1. The van der Waals surface area contributed by atoms with Crippen LogP contribution in [0, 0.1) is 6.92 Å². The molecule has 0 fully saturated rings. The number of alkyl halides is 3. The van der Waals surface area contributed by atoms with Crippen molar-refractivity contribution in [2.24, 2.45) is 0 Å². The fourth-order valence-corrected chi connectivity index (χ4v) is 2.22. The van der Waals surface area contributed by atoms with Gasteiger partial charge >= 0.3 is 6.18 Å². The summed E-state index contributed by atoms with van der Waals surface area (Å²) in [6.45, 7) is 2.85.